The number of nitrogen functional groups attached to an aromatic ring is 1. The van der Waals surface area contributed by atoms with Crippen molar-refractivity contribution in [2.75, 3.05) is 29.0 Å². The minimum atomic E-state index is -0.557. The fraction of sp³-hybridized carbons (Fsp3) is 0.450. The van der Waals surface area contributed by atoms with Crippen LogP contribution in [0.25, 0.3) is 0 Å². The molecular formula is C20H26BrN7O3. The summed E-state index contributed by atoms with van der Waals surface area (Å²) in [7, 11) is 0. The summed E-state index contributed by atoms with van der Waals surface area (Å²) in [6, 6.07) is 1.74. The Kier molecular flexibility index (Phi) is 6.94. The molecule has 4 N–H and O–H groups in total. The molecule has 0 aliphatic carbocycles. The standard InChI is InChI=1S/C20H26BrN7O3/c1-20(2,3)31-19(30)25-12-5-4-8-28(11-12)14-6-7-23-9-13(14)26-18(29)16-17(22)24-10-15(21)27-16/h6-7,9-10,12H,4-5,8,11H2,1-3H3,(H2,22,24)(H,25,30)(H,26,29). The van der Waals surface area contributed by atoms with Crippen molar-refractivity contribution in [2.24, 2.45) is 0 Å². The number of alkyl carbamates (subject to hydrolysis) is 1. The number of nitrogens with zero attached hydrogens (tertiary/aromatic N) is 4. The highest BCUT2D eigenvalue weighted by molar-refractivity contribution is 9.10. The van der Waals surface area contributed by atoms with Crippen molar-refractivity contribution in [3.8, 4) is 0 Å². The lowest BCUT2D eigenvalue weighted by Gasteiger charge is -2.35. The molecule has 1 atom stereocenters. The SMILES string of the molecule is CC(C)(C)OC(=O)NC1CCCN(c2ccncc2NC(=O)c2nc(Br)cnc2N)C1. The highest BCUT2D eigenvalue weighted by Crippen LogP contribution is 2.28. The summed E-state index contributed by atoms with van der Waals surface area (Å²) in [5.41, 5.74) is 6.58. The van der Waals surface area contributed by atoms with E-state index < -0.39 is 17.6 Å². The summed E-state index contributed by atoms with van der Waals surface area (Å²) in [5.74, 6) is -0.452. The van der Waals surface area contributed by atoms with Gasteiger partial charge >= 0.3 is 6.09 Å². The number of nitrogens with two attached hydrogens (primary N) is 1. The van der Waals surface area contributed by atoms with Gasteiger partial charge in [0.05, 0.1) is 23.8 Å². The van der Waals surface area contributed by atoms with Gasteiger partial charge in [0.1, 0.15) is 10.2 Å². The third kappa shape index (κ3) is 6.27. The summed E-state index contributed by atoms with van der Waals surface area (Å²) < 4.78 is 5.77. The van der Waals surface area contributed by atoms with E-state index in [-0.39, 0.29) is 17.6 Å². The third-order valence-electron chi connectivity index (χ3n) is 4.52. The molecule has 2 amide bonds. The molecule has 3 rings (SSSR count). The summed E-state index contributed by atoms with van der Waals surface area (Å²) in [4.78, 5) is 39.2. The van der Waals surface area contributed by atoms with Crippen LogP contribution in [-0.2, 0) is 4.74 Å². The van der Waals surface area contributed by atoms with Gasteiger partial charge in [-0.1, -0.05) is 0 Å². The maximum absolute atomic E-state index is 12.7. The number of carbonyl (C=O) groups is 2. The lowest BCUT2D eigenvalue weighted by atomic mass is 10.0. The van der Waals surface area contributed by atoms with Crippen molar-refractivity contribution in [1.29, 1.82) is 0 Å². The topological polar surface area (TPSA) is 135 Å². The average Bonchev–Trinajstić information content (AvgIpc) is 2.69. The highest BCUT2D eigenvalue weighted by Gasteiger charge is 2.26. The largest absolute Gasteiger partial charge is 0.444 e. The van der Waals surface area contributed by atoms with Gasteiger partial charge in [-0.25, -0.2) is 14.8 Å². The molecule has 0 aromatic carbocycles. The number of amides is 2. The number of carbonyl (C=O) groups excluding carboxylic acids is 2. The van der Waals surface area contributed by atoms with E-state index in [0.717, 1.165) is 25.1 Å². The summed E-state index contributed by atoms with van der Waals surface area (Å²) in [6.45, 7) is 6.83. The molecule has 1 aliphatic heterocycles. The Morgan fingerprint density at radius 3 is 2.84 bits per heavy atom. The van der Waals surface area contributed by atoms with E-state index in [2.05, 4.69) is 46.4 Å². The molecule has 2 aromatic heterocycles. The van der Waals surface area contributed by atoms with Crippen molar-refractivity contribution in [3.05, 3.63) is 35.0 Å². The number of piperidine rings is 1. The Labute approximate surface area is 189 Å². The molecule has 1 saturated heterocycles. The quantitative estimate of drug-likeness (QED) is 0.593. The minimum Gasteiger partial charge on any atom is -0.444 e. The summed E-state index contributed by atoms with van der Waals surface area (Å²) >= 11 is 3.20. The van der Waals surface area contributed by atoms with Gasteiger partial charge in [-0.2, -0.15) is 0 Å². The van der Waals surface area contributed by atoms with Gasteiger partial charge in [-0.15, -0.1) is 0 Å². The average molecular weight is 492 g/mol. The monoisotopic (exact) mass is 491 g/mol. The molecule has 1 fully saturated rings. The molecule has 1 aliphatic rings. The van der Waals surface area contributed by atoms with Gasteiger partial charge in [0.25, 0.3) is 5.91 Å². The lowest BCUT2D eigenvalue weighted by Crippen LogP contribution is -2.49. The van der Waals surface area contributed by atoms with E-state index in [1.807, 2.05) is 26.8 Å². The molecule has 0 radical (unpaired) electrons. The van der Waals surface area contributed by atoms with Crippen molar-refractivity contribution < 1.29 is 14.3 Å². The second-order valence-corrected chi connectivity index (χ2v) is 9.02. The fourth-order valence-corrected chi connectivity index (χ4v) is 3.55. The Hall–Kier alpha value is -2.95. The Morgan fingerprint density at radius 1 is 1.32 bits per heavy atom. The van der Waals surface area contributed by atoms with Crippen LogP contribution < -0.4 is 21.3 Å². The fourth-order valence-electron chi connectivity index (χ4n) is 3.27. The molecule has 11 heteroatoms. The van der Waals surface area contributed by atoms with Gasteiger partial charge in [-0.05, 0) is 55.6 Å². The first-order chi connectivity index (χ1) is 14.6. The number of ether oxygens (including phenoxy) is 1. The van der Waals surface area contributed by atoms with Crippen LogP contribution in [0.4, 0.5) is 22.0 Å². The maximum atomic E-state index is 12.7. The zero-order chi connectivity index (χ0) is 22.6. The van der Waals surface area contributed by atoms with E-state index in [1.165, 1.54) is 6.20 Å². The maximum Gasteiger partial charge on any atom is 0.407 e. The predicted octanol–water partition coefficient (Wildman–Crippen LogP) is 2.96. The molecule has 1 unspecified atom stereocenters. The Balaban J connectivity index is 1.73. The normalized spacial score (nSPS) is 16.5. The number of hydrogen-bond donors (Lipinski definition) is 3. The van der Waals surface area contributed by atoms with Crippen LogP contribution in [0.5, 0.6) is 0 Å². The number of anilines is 3. The van der Waals surface area contributed by atoms with E-state index >= 15 is 0 Å². The number of aromatic nitrogens is 3. The van der Waals surface area contributed by atoms with Crippen LogP contribution in [0.1, 0.15) is 44.1 Å². The van der Waals surface area contributed by atoms with Gasteiger partial charge in [0.2, 0.25) is 0 Å². The molecule has 31 heavy (non-hydrogen) atoms. The van der Waals surface area contributed by atoms with Gasteiger partial charge in [0.15, 0.2) is 11.5 Å². The number of nitrogens with one attached hydrogen (secondary N) is 2. The zero-order valence-corrected chi connectivity index (χ0v) is 19.3. The molecule has 0 spiro atoms. The molecule has 0 saturated carbocycles. The molecule has 2 aromatic rings. The van der Waals surface area contributed by atoms with Crippen LogP contribution in [0.3, 0.4) is 0 Å². The number of halogens is 1. The Bertz CT molecular complexity index is 964. The van der Waals surface area contributed by atoms with Crippen LogP contribution in [0.15, 0.2) is 29.3 Å². The lowest BCUT2D eigenvalue weighted by molar-refractivity contribution is 0.0500. The smallest absolute Gasteiger partial charge is 0.407 e. The molecule has 3 heterocycles. The second-order valence-electron chi connectivity index (χ2n) is 8.20. The third-order valence-corrected chi connectivity index (χ3v) is 4.90. The van der Waals surface area contributed by atoms with E-state index in [4.69, 9.17) is 10.5 Å². The molecule has 166 valence electrons. The zero-order valence-electron chi connectivity index (χ0n) is 17.7. The first kappa shape index (κ1) is 22.7. The molecular weight excluding hydrogens is 466 g/mol. The first-order valence-corrected chi connectivity index (χ1v) is 10.7. The Morgan fingerprint density at radius 2 is 2.10 bits per heavy atom. The minimum absolute atomic E-state index is 0.0206. The molecule has 0 bridgehead atoms. The van der Waals surface area contributed by atoms with E-state index in [1.54, 1.807) is 12.4 Å². The van der Waals surface area contributed by atoms with Crippen molar-refractivity contribution >= 4 is 45.1 Å². The number of hydrogen-bond acceptors (Lipinski definition) is 8. The summed E-state index contributed by atoms with van der Waals surface area (Å²) in [6.07, 6.45) is 5.93. The predicted molar refractivity (Wildman–Crippen MR) is 121 cm³/mol. The second kappa shape index (κ2) is 9.46. The van der Waals surface area contributed by atoms with Crippen LogP contribution >= 0.6 is 15.9 Å². The van der Waals surface area contributed by atoms with Gasteiger partial charge < -0.3 is 26.0 Å². The van der Waals surface area contributed by atoms with Crippen LogP contribution in [0, 0.1) is 0 Å². The van der Waals surface area contributed by atoms with Crippen LogP contribution in [0.2, 0.25) is 0 Å². The van der Waals surface area contributed by atoms with Gasteiger partial charge in [0, 0.05) is 25.3 Å². The molecule has 10 nitrogen and oxygen atoms in total. The highest BCUT2D eigenvalue weighted by atomic mass is 79.9. The number of pyridine rings is 1. The number of rotatable bonds is 4. The van der Waals surface area contributed by atoms with E-state index in [0.29, 0.717) is 16.8 Å². The van der Waals surface area contributed by atoms with E-state index in [9.17, 15) is 9.59 Å². The van der Waals surface area contributed by atoms with Crippen molar-refractivity contribution in [2.45, 2.75) is 45.3 Å². The van der Waals surface area contributed by atoms with Crippen molar-refractivity contribution in [3.63, 3.8) is 0 Å². The van der Waals surface area contributed by atoms with Crippen molar-refractivity contribution in [1.82, 2.24) is 20.3 Å². The summed E-state index contributed by atoms with van der Waals surface area (Å²) in [5, 5.41) is 5.75. The van der Waals surface area contributed by atoms with Gasteiger partial charge in [-0.3, -0.25) is 9.78 Å². The first-order valence-electron chi connectivity index (χ1n) is 9.90. The van der Waals surface area contributed by atoms with Crippen LogP contribution in [-0.4, -0.2) is 51.7 Å².